The zero-order valence-electron chi connectivity index (χ0n) is 12.3. The van der Waals surface area contributed by atoms with Crippen molar-refractivity contribution in [2.24, 2.45) is 0 Å². The van der Waals surface area contributed by atoms with Crippen LogP contribution in [0, 0.1) is 6.92 Å². The summed E-state index contributed by atoms with van der Waals surface area (Å²) in [5, 5.41) is 6.76. The first-order chi connectivity index (χ1) is 9.58. The fourth-order valence-electron chi connectivity index (χ4n) is 2.53. The minimum Gasteiger partial charge on any atom is -0.394 e. The average molecular weight is 290 g/mol. The molecule has 0 aliphatic heterocycles. The number of rotatable bonds is 5. The molecule has 2 aromatic rings. The van der Waals surface area contributed by atoms with E-state index in [4.69, 9.17) is 5.73 Å². The molecular weight excluding hydrogens is 268 g/mol. The van der Waals surface area contributed by atoms with Crippen molar-refractivity contribution in [1.29, 1.82) is 0 Å². The van der Waals surface area contributed by atoms with Crippen LogP contribution in [0.25, 0.3) is 0 Å². The quantitative estimate of drug-likeness (QED) is 0.915. The summed E-state index contributed by atoms with van der Waals surface area (Å²) < 4.78 is 2.08. The molecule has 2 heterocycles. The van der Waals surface area contributed by atoms with Crippen molar-refractivity contribution in [3.8, 4) is 0 Å². The highest BCUT2D eigenvalue weighted by Crippen LogP contribution is 2.38. The topological polar surface area (TPSA) is 47.1 Å². The average Bonchev–Trinajstić information content (AvgIpc) is 3.04. The molecule has 2 N–H and O–H groups in total. The van der Waals surface area contributed by atoms with Crippen LogP contribution in [0.3, 0.4) is 0 Å². The number of aryl methyl sites for hydroxylation is 1. The number of nitrogens with zero attached hydrogens (tertiary/aromatic N) is 3. The van der Waals surface area contributed by atoms with Gasteiger partial charge in [-0.25, -0.2) is 4.68 Å². The zero-order valence-corrected chi connectivity index (χ0v) is 13.2. The van der Waals surface area contributed by atoms with Crippen LogP contribution in [0.2, 0.25) is 0 Å². The molecular formula is C15H22N4S. The first-order valence-corrected chi connectivity index (χ1v) is 8.09. The molecule has 1 aliphatic rings. The van der Waals surface area contributed by atoms with Gasteiger partial charge in [-0.05, 0) is 45.1 Å². The van der Waals surface area contributed by atoms with E-state index in [9.17, 15) is 0 Å². The smallest absolute Gasteiger partial charge is 0.151 e. The lowest BCUT2D eigenvalue weighted by Gasteiger charge is -2.26. The lowest BCUT2D eigenvalue weighted by atomic mass is 10.3. The Hall–Kier alpha value is -1.49. The predicted molar refractivity (Wildman–Crippen MR) is 85.3 cm³/mol. The van der Waals surface area contributed by atoms with Crippen LogP contribution in [0.1, 0.15) is 43.3 Å². The molecule has 0 atom stereocenters. The van der Waals surface area contributed by atoms with Gasteiger partial charge in [-0.3, -0.25) is 0 Å². The van der Waals surface area contributed by atoms with Crippen molar-refractivity contribution in [3.63, 3.8) is 0 Å². The van der Waals surface area contributed by atoms with Crippen LogP contribution in [-0.2, 0) is 6.54 Å². The van der Waals surface area contributed by atoms with Gasteiger partial charge in [-0.2, -0.15) is 5.10 Å². The van der Waals surface area contributed by atoms with Crippen LogP contribution in [0.5, 0.6) is 0 Å². The summed E-state index contributed by atoms with van der Waals surface area (Å²) in [6.07, 6.45) is 2.51. The van der Waals surface area contributed by atoms with E-state index >= 15 is 0 Å². The Kier molecular flexibility index (Phi) is 3.46. The van der Waals surface area contributed by atoms with Crippen molar-refractivity contribution >= 4 is 22.8 Å². The van der Waals surface area contributed by atoms with E-state index in [1.54, 1.807) is 11.3 Å². The molecule has 108 valence electrons. The Bertz CT molecular complexity index is 581. The van der Waals surface area contributed by atoms with E-state index in [1.165, 1.54) is 17.7 Å². The highest BCUT2D eigenvalue weighted by molar-refractivity contribution is 7.09. The molecule has 1 saturated carbocycles. The number of nitrogen functional groups attached to an aromatic ring is 1. The fourth-order valence-corrected chi connectivity index (χ4v) is 3.23. The highest BCUT2D eigenvalue weighted by Gasteiger charge is 2.33. The SMILES string of the molecule is Cc1nn(C(C)C)c(N(Cc2cccs2)C2CC2)c1N. The standard InChI is InChI=1S/C15H22N4S/c1-10(2)19-15(14(16)11(3)17-19)18(12-6-7-12)9-13-5-4-8-20-13/h4-5,8,10,12H,6-7,9,16H2,1-3H3. The van der Waals surface area contributed by atoms with Gasteiger partial charge >= 0.3 is 0 Å². The molecule has 5 heteroatoms. The molecule has 1 aliphatic carbocycles. The number of nitrogens with two attached hydrogens (primary N) is 1. The van der Waals surface area contributed by atoms with Crippen LogP contribution in [0.4, 0.5) is 11.5 Å². The van der Waals surface area contributed by atoms with Crippen LogP contribution >= 0.6 is 11.3 Å². The second-order valence-corrected chi connectivity index (χ2v) is 6.83. The molecule has 2 aromatic heterocycles. The molecule has 1 fully saturated rings. The summed E-state index contributed by atoms with van der Waals surface area (Å²) >= 11 is 1.81. The van der Waals surface area contributed by atoms with Gasteiger partial charge in [0.1, 0.15) is 0 Å². The van der Waals surface area contributed by atoms with Gasteiger partial charge in [-0.1, -0.05) is 6.07 Å². The Morgan fingerprint density at radius 2 is 2.25 bits per heavy atom. The Balaban J connectivity index is 1.99. The predicted octanol–water partition coefficient (Wildman–Crippen LogP) is 3.59. The Labute approximate surface area is 124 Å². The van der Waals surface area contributed by atoms with Gasteiger partial charge < -0.3 is 10.6 Å². The number of hydrogen-bond donors (Lipinski definition) is 1. The molecule has 0 aromatic carbocycles. The minimum absolute atomic E-state index is 0.325. The zero-order chi connectivity index (χ0) is 14.3. The van der Waals surface area contributed by atoms with E-state index in [2.05, 4.69) is 46.0 Å². The Morgan fingerprint density at radius 1 is 1.50 bits per heavy atom. The number of aromatic nitrogens is 2. The van der Waals surface area contributed by atoms with Gasteiger partial charge in [0.2, 0.25) is 0 Å². The number of hydrogen-bond acceptors (Lipinski definition) is 4. The summed E-state index contributed by atoms with van der Waals surface area (Å²) in [6, 6.07) is 5.25. The second kappa shape index (κ2) is 5.13. The highest BCUT2D eigenvalue weighted by atomic mass is 32.1. The molecule has 0 spiro atoms. The second-order valence-electron chi connectivity index (χ2n) is 5.80. The molecule has 0 saturated heterocycles. The lowest BCUT2D eigenvalue weighted by Crippen LogP contribution is -2.28. The van der Waals surface area contributed by atoms with E-state index in [-0.39, 0.29) is 0 Å². The minimum atomic E-state index is 0.325. The fraction of sp³-hybridized carbons (Fsp3) is 0.533. The van der Waals surface area contributed by atoms with Gasteiger partial charge in [0, 0.05) is 17.0 Å². The van der Waals surface area contributed by atoms with Gasteiger partial charge in [0.25, 0.3) is 0 Å². The first kappa shape index (κ1) is 13.5. The van der Waals surface area contributed by atoms with Gasteiger partial charge in [-0.15, -0.1) is 11.3 Å². The van der Waals surface area contributed by atoms with Crippen molar-refractivity contribution < 1.29 is 0 Å². The maximum atomic E-state index is 6.32. The molecule has 0 amide bonds. The largest absolute Gasteiger partial charge is 0.394 e. The maximum Gasteiger partial charge on any atom is 0.151 e. The first-order valence-electron chi connectivity index (χ1n) is 7.21. The summed E-state index contributed by atoms with van der Waals surface area (Å²) in [4.78, 5) is 3.83. The number of thiophene rings is 1. The number of anilines is 2. The van der Waals surface area contributed by atoms with E-state index in [0.717, 1.165) is 23.7 Å². The summed E-state index contributed by atoms with van der Waals surface area (Å²) in [7, 11) is 0. The third kappa shape index (κ3) is 2.42. The van der Waals surface area contributed by atoms with Crippen LogP contribution < -0.4 is 10.6 Å². The van der Waals surface area contributed by atoms with Crippen molar-refractivity contribution in [1.82, 2.24) is 9.78 Å². The van der Waals surface area contributed by atoms with E-state index in [0.29, 0.717) is 12.1 Å². The van der Waals surface area contributed by atoms with Crippen molar-refractivity contribution in [2.45, 2.75) is 52.2 Å². The summed E-state index contributed by atoms with van der Waals surface area (Å²) in [6.45, 7) is 7.25. The maximum absolute atomic E-state index is 6.32. The summed E-state index contributed by atoms with van der Waals surface area (Å²) in [5.41, 5.74) is 8.09. The van der Waals surface area contributed by atoms with Gasteiger partial charge in [0.05, 0.1) is 17.9 Å². The third-order valence-corrected chi connectivity index (χ3v) is 4.62. The van der Waals surface area contributed by atoms with E-state index < -0.39 is 0 Å². The normalized spacial score (nSPS) is 15.0. The van der Waals surface area contributed by atoms with Crippen molar-refractivity contribution in [2.75, 3.05) is 10.6 Å². The lowest BCUT2D eigenvalue weighted by molar-refractivity contribution is 0.520. The molecule has 0 unspecified atom stereocenters. The molecule has 3 rings (SSSR count). The summed E-state index contributed by atoms with van der Waals surface area (Å²) in [5.74, 6) is 1.11. The molecule has 0 bridgehead atoms. The molecule has 0 radical (unpaired) electrons. The van der Waals surface area contributed by atoms with Crippen LogP contribution in [0.15, 0.2) is 17.5 Å². The van der Waals surface area contributed by atoms with Crippen molar-refractivity contribution in [3.05, 3.63) is 28.1 Å². The monoisotopic (exact) mass is 290 g/mol. The van der Waals surface area contributed by atoms with Gasteiger partial charge in [0.15, 0.2) is 5.82 Å². The van der Waals surface area contributed by atoms with Crippen LogP contribution in [-0.4, -0.2) is 15.8 Å². The van der Waals surface area contributed by atoms with E-state index in [1.807, 2.05) is 6.92 Å². The molecule has 4 nitrogen and oxygen atoms in total. The third-order valence-electron chi connectivity index (χ3n) is 3.76. The molecule has 20 heavy (non-hydrogen) atoms. The Morgan fingerprint density at radius 3 is 2.80 bits per heavy atom.